The number of carbonyl (C=O) groups is 5. The number of Topliss-reactive ketones (excluding diaryl/α,β-unsaturated/α-hetero) is 3. The number of rotatable bonds is 2. The molecule has 0 radical (unpaired) electrons. The number of esters is 2. The van der Waals surface area contributed by atoms with Crippen LogP contribution in [-0.4, -0.2) is 52.8 Å². The van der Waals surface area contributed by atoms with Gasteiger partial charge in [-0.15, -0.1) is 0 Å². The summed E-state index contributed by atoms with van der Waals surface area (Å²) in [6.07, 6.45) is 4.89. The van der Waals surface area contributed by atoms with Gasteiger partial charge >= 0.3 is 17.8 Å². The maximum atomic E-state index is 11.1. The number of aryl methyl sites for hydroxylation is 2. The molecular formula is C25H25N5O10. The number of fused-ring (bicyclic) bond motifs is 3. The molecule has 3 aromatic rings. The van der Waals surface area contributed by atoms with Gasteiger partial charge < -0.3 is 24.0 Å². The molecular weight excluding hydrogens is 530 g/mol. The largest absolute Gasteiger partial charge is 0.394 e. The third-order valence-electron chi connectivity index (χ3n) is 5.93. The lowest BCUT2D eigenvalue weighted by molar-refractivity contribution is -0.392. The Labute approximate surface area is 226 Å². The van der Waals surface area contributed by atoms with Crippen LogP contribution in [0, 0.1) is 20.2 Å². The monoisotopic (exact) mass is 555 g/mol. The van der Waals surface area contributed by atoms with Crippen molar-refractivity contribution in [2.75, 3.05) is 0 Å². The van der Waals surface area contributed by atoms with E-state index >= 15 is 0 Å². The van der Waals surface area contributed by atoms with Crippen molar-refractivity contribution in [2.24, 2.45) is 0 Å². The smallest absolute Gasteiger partial charge is 0.323 e. The minimum absolute atomic E-state index is 0.00181. The molecule has 0 N–H and O–H groups in total. The molecule has 3 aliphatic heterocycles. The molecule has 40 heavy (non-hydrogen) atoms. The first-order valence-electron chi connectivity index (χ1n) is 12.0. The van der Waals surface area contributed by atoms with Crippen LogP contribution in [-0.2, 0) is 34.0 Å². The van der Waals surface area contributed by atoms with Crippen LogP contribution in [0.25, 0.3) is 0 Å². The van der Waals surface area contributed by atoms with Gasteiger partial charge in [0, 0.05) is 58.1 Å². The third-order valence-corrected chi connectivity index (χ3v) is 5.93. The number of ketones is 3. The van der Waals surface area contributed by atoms with Gasteiger partial charge in [-0.05, 0) is 23.1 Å². The van der Waals surface area contributed by atoms with Crippen molar-refractivity contribution in [3.05, 3.63) is 80.0 Å². The summed E-state index contributed by atoms with van der Waals surface area (Å²) in [6, 6.07) is 7.98. The predicted octanol–water partition coefficient (Wildman–Crippen LogP) is 3.14. The van der Waals surface area contributed by atoms with Gasteiger partial charge in [-0.3, -0.25) is 34.1 Å². The van der Waals surface area contributed by atoms with Crippen molar-refractivity contribution in [3.8, 4) is 0 Å². The van der Waals surface area contributed by atoms with Gasteiger partial charge in [0.25, 0.3) is 5.69 Å². The van der Waals surface area contributed by atoms with Gasteiger partial charge in [0.2, 0.25) is 5.78 Å². The summed E-state index contributed by atoms with van der Waals surface area (Å²) in [5, 5.41) is 20.7. The molecule has 15 nitrogen and oxygen atoms in total. The molecule has 0 atom stereocenters. The van der Waals surface area contributed by atoms with E-state index < -0.39 is 21.8 Å². The van der Waals surface area contributed by atoms with E-state index in [2.05, 4.69) is 4.74 Å². The highest BCUT2D eigenvalue weighted by Crippen LogP contribution is 2.24. The van der Waals surface area contributed by atoms with Crippen molar-refractivity contribution in [3.63, 3.8) is 0 Å². The van der Waals surface area contributed by atoms with Crippen LogP contribution in [0.4, 0.5) is 11.5 Å². The lowest BCUT2D eigenvalue weighted by Crippen LogP contribution is -2.03. The Bertz CT molecular complexity index is 1490. The summed E-state index contributed by atoms with van der Waals surface area (Å²) in [6.45, 7) is 4.25. The molecule has 6 rings (SSSR count). The average molecular weight is 556 g/mol. The molecule has 15 heteroatoms. The van der Waals surface area contributed by atoms with Crippen molar-refractivity contribution in [2.45, 2.75) is 52.7 Å². The lowest BCUT2D eigenvalue weighted by atomic mass is 10.2. The van der Waals surface area contributed by atoms with Crippen molar-refractivity contribution in [1.29, 1.82) is 0 Å². The summed E-state index contributed by atoms with van der Waals surface area (Å²) in [7, 11) is 0. The molecule has 0 spiro atoms. The van der Waals surface area contributed by atoms with E-state index in [1.807, 2.05) is 22.9 Å². The van der Waals surface area contributed by atoms with Crippen LogP contribution in [0.15, 0.2) is 42.7 Å². The van der Waals surface area contributed by atoms with E-state index in [-0.39, 0.29) is 28.9 Å². The summed E-state index contributed by atoms with van der Waals surface area (Å²) in [5.41, 5.74) is 1.79. The quantitative estimate of drug-likeness (QED) is 0.196. The Morgan fingerprint density at radius 3 is 1.88 bits per heavy atom. The second-order valence-electron chi connectivity index (χ2n) is 8.71. The number of hydrogen-bond acceptors (Lipinski definition) is 10. The van der Waals surface area contributed by atoms with Crippen molar-refractivity contribution in [1.82, 2.24) is 13.7 Å². The minimum Gasteiger partial charge on any atom is -0.394 e. The molecule has 0 unspecified atom stereocenters. The number of carbonyl (C=O) groups excluding carboxylic acids is 5. The maximum absolute atomic E-state index is 11.1. The highest BCUT2D eigenvalue weighted by Gasteiger charge is 2.29. The van der Waals surface area contributed by atoms with Crippen LogP contribution >= 0.6 is 0 Å². The summed E-state index contributed by atoms with van der Waals surface area (Å²) < 4.78 is 9.03. The SMILES string of the molecule is CC(=O)OC(C)=O.O=C1CCn2c1ccc2[N+](=O)[O-].O=C1CCn2cc([N+](=O)[O-])cc21.O=C1CCn2cccc21. The second kappa shape index (κ2) is 12.6. The number of nitro groups is 2. The second-order valence-corrected chi connectivity index (χ2v) is 8.71. The Morgan fingerprint density at radius 2 is 1.35 bits per heavy atom. The Balaban J connectivity index is 0.000000150. The molecule has 0 aliphatic carbocycles. The maximum Gasteiger partial charge on any atom is 0.323 e. The Morgan fingerprint density at radius 1 is 0.775 bits per heavy atom. The Hall–Kier alpha value is -5.21. The minimum atomic E-state index is -0.562. The van der Waals surface area contributed by atoms with Gasteiger partial charge in [-0.2, -0.15) is 0 Å². The van der Waals surface area contributed by atoms with Crippen molar-refractivity contribution < 1.29 is 38.6 Å². The molecule has 0 fully saturated rings. The number of ether oxygens (including phenoxy) is 1. The Kier molecular flexibility index (Phi) is 9.21. The summed E-state index contributed by atoms with van der Waals surface area (Å²) in [4.78, 5) is 72.4. The fraction of sp³-hybridized carbons (Fsp3) is 0.320. The molecule has 0 saturated heterocycles. The number of hydrogen-bond donors (Lipinski definition) is 0. The third kappa shape index (κ3) is 7.00. The molecule has 3 aromatic heterocycles. The van der Waals surface area contributed by atoms with E-state index in [1.165, 1.54) is 42.8 Å². The van der Waals surface area contributed by atoms with Gasteiger partial charge in [0.15, 0.2) is 17.3 Å². The molecule has 0 amide bonds. The van der Waals surface area contributed by atoms with Crippen LogP contribution in [0.5, 0.6) is 0 Å². The van der Waals surface area contributed by atoms with Crippen LogP contribution < -0.4 is 0 Å². The van der Waals surface area contributed by atoms with Gasteiger partial charge in [-0.25, -0.2) is 4.57 Å². The summed E-state index contributed by atoms with van der Waals surface area (Å²) in [5.74, 6) is -0.859. The molecule has 0 bridgehead atoms. The van der Waals surface area contributed by atoms with Gasteiger partial charge in [-0.1, -0.05) is 0 Å². The van der Waals surface area contributed by atoms with E-state index in [0.717, 1.165) is 12.2 Å². The molecule has 6 heterocycles. The van der Waals surface area contributed by atoms with Crippen LogP contribution in [0.3, 0.4) is 0 Å². The fourth-order valence-electron chi connectivity index (χ4n) is 4.22. The van der Waals surface area contributed by atoms with E-state index in [9.17, 15) is 44.2 Å². The van der Waals surface area contributed by atoms with Gasteiger partial charge in [0.1, 0.15) is 0 Å². The number of nitrogens with zero attached hydrogens (tertiary/aromatic N) is 5. The predicted molar refractivity (Wildman–Crippen MR) is 136 cm³/mol. The highest BCUT2D eigenvalue weighted by atomic mass is 16.6. The van der Waals surface area contributed by atoms with Gasteiger partial charge in [0.05, 0.1) is 35.5 Å². The average Bonchev–Trinajstić information content (AvgIpc) is 3.68. The number of aromatic nitrogens is 3. The zero-order chi connectivity index (χ0) is 29.6. The van der Waals surface area contributed by atoms with Crippen LogP contribution in [0.1, 0.15) is 64.6 Å². The first-order valence-corrected chi connectivity index (χ1v) is 12.0. The zero-order valence-electron chi connectivity index (χ0n) is 21.6. The first-order chi connectivity index (χ1) is 18.9. The standard InChI is InChI=1S/2C7H6N2O3.C7H7NO.C4H6O3/c10-7-1-2-8-4-5(9(11)12)3-6(7)8;10-6-3-4-8-5(6)1-2-7(8)9(11)12;9-7-3-5-8-4-1-2-6(7)8;1-3(5)7-4(2)6/h3-4H,1-2H2;1-2H,3-4H2;1-2,4H,3,5H2;1-2H3. The molecule has 0 aromatic carbocycles. The first kappa shape index (κ1) is 29.3. The topological polar surface area (TPSA) is 196 Å². The summed E-state index contributed by atoms with van der Waals surface area (Å²) >= 11 is 0. The highest BCUT2D eigenvalue weighted by molar-refractivity contribution is 5.97. The lowest BCUT2D eigenvalue weighted by Gasteiger charge is -1.94. The van der Waals surface area contributed by atoms with Crippen molar-refractivity contribution >= 4 is 40.8 Å². The fourth-order valence-corrected chi connectivity index (χ4v) is 4.22. The van der Waals surface area contributed by atoms with E-state index in [4.69, 9.17) is 0 Å². The van der Waals surface area contributed by atoms with Crippen LogP contribution in [0.2, 0.25) is 0 Å². The molecule has 0 saturated carbocycles. The molecule has 210 valence electrons. The zero-order valence-corrected chi connectivity index (χ0v) is 21.6. The molecule has 3 aliphatic rings. The van der Waals surface area contributed by atoms with E-state index in [1.54, 1.807) is 4.57 Å². The normalized spacial score (nSPS) is 13.9. The van der Waals surface area contributed by atoms with E-state index in [0.29, 0.717) is 43.7 Å².